The molecule has 4 rings (SSSR count). The van der Waals surface area contributed by atoms with E-state index in [1.54, 1.807) is 21.1 Å². The van der Waals surface area contributed by atoms with Gasteiger partial charge in [0.05, 0.1) is 42.4 Å². The summed E-state index contributed by atoms with van der Waals surface area (Å²) in [6.45, 7) is 9.35. The molecule has 0 amide bonds. The lowest BCUT2D eigenvalue weighted by Gasteiger charge is -2.27. The van der Waals surface area contributed by atoms with Crippen molar-refractivity contribution in [3.8, 4) is 0 Å². The van der Waals surface area contributed by atoms with Crippen molar-refractivity contribution in [2.75, 3.05) is 50.6 Å². The number of rotatable bonds is 13. The van der Waals surface area contributed by atoms with Crippen LogP contribution < -0.4 is 4.90 Å². The molecule has 0 aromatic heterocycles. The molecule has 0 radical (unpaired) electrons. The van der Waals surface area contributed by atoms with E-state index in [4.69, 9.17) is 15.9 Å². The first kappa shape index (κ1) is 36.0. The first-order chi connectivity index (χ1) is 21.2. The Morgan fingerprint density at radius 1 is 0.935 bits per heavy atom. The molecule has 9 nitrogen and oxygen atoms in total. The number of halogens is 1. The molecule has 12 heteroatoms. The molecule has 250 valence electrons. The van der Waals surface area contributed by atoms with Gasteiger partial charge in [-0.15, -0.1) is 0 Å². The molecule has 0 spiro atoms. The van der Waals surface area contributed by atoms with Crippen LogP contribution in [0.2, 0.25) is 0 Å². The standard InChI is InChI=1S/C34H45ClN3O6S2/c1-33(2)27-14-8-10-16-29(27)36(22-12-24-45(39,40)41)31(33)20-18-26(35)19-21-32-34(3,4)28-15-9-11-17-30(28)37(32)23-13-25-46(42,43)44-38(5,6)7/h8-11,14-21H,12-13,22-25H2,1-7H3/q+1. The van der Waals surface area contributed by atoms with Gasteiger partial charge >= 0.3 is 10.1 Å². The normalized spacial score (nSPS) is 18.9. The molecule has 0 aliphatic carbocycles. The maximum absolute atomic E-state index is 12.6. The quantitative estimate of drug-likeness (QED) is 0.0871. The summed E-state index contributed by atoms with van der Waals surface area (Å²) in [6, 6.07) is 16.1. The van der Waals surface area contributed by atoms with E-state index in [-0.39, 0.29) is 27.6 Å². The molecule has 0 saturated carbocycles. The first-order valence-corrected chi connectivity index (χ1v) is 18.8. The number of allylic oxidation sites excluding steroid dienone is 6. The molecule has 0 unspecified atom stereocenters. The van der Waals surface area contributed by atoms with Crippen molar-refractivity contribution in [2.24, 2.45) is 0 Å². The third kappa shape index (κ3) is 8.37. The SMILES string of the molecule is CC1(C)C(/C=C/C(Cl)=C/C=C2/N(CCCS(=O)(=O)O[N+](C)(C)C)c3ccccc3C2(C)C)=[N+](CCCS(=O)(=O)[O-])c2ccccc21. The fourth-order valence-corrected chi connectivity index (χ4v) is 8.16. The number of nitrogens with zero attached hydrogens (tertiary/aromatic N) is 3. The number of hydrogen-bond donors (Lipinski definition) is 0. The van der Waals surface area contributed by atoms with Crippen molar-refractivity contribution >= 4 is 48.9 Å². The second-order valence-corrected chi connectivity index (χ2v) is 17.2. The van der Waals surface area contributed by atoms with Crippen LogP contribution in [0.3, 0.4) is 0 Å². The minimum atomic E-state index is -4.32. The van der Waals surface area contributed by atoms with Crippen molar-refractivity contribution in [2.45, 2.75) is 51.4 Å². The van der Waals surface area contributed by atoms with Gasteiger partial charge in [0.1, 0.15) is 6.54 Å². The van der Waals surface area contributed by atoms with Crippen LogP contribution in [0.5, 0.6) is 0 Å². The average Bonchev–Trinajstić information content (AvgIpc) is 3.27. The van der Waals surface area contributed by atoms with Crippen molar-refractivity contribution < 1.29 is 34.9 Å². The fraction of sp³-hybridized carbons (Fsp3) is 0.441. The zero-order valence-electron chi connectivity index (χ0n) is 27.7. The molecule has 0 bridgehead atoms. The van der Waals surface area contributed by atoms with Crippen LogP contribution in [0, 0.1) is 0 Å². The summed E-state index contributed by atoms with van der Waals surface area (Å²) < 4.78 is 66.2. The van der Waals surface area contributed by atoms with E-state index in [1.165, 1.54) is 0 Å². The molecule has 2 heterocycles. The van der Waals surface area contributed by atoms with Gasteiger partial charge in [-0.25, -0.2) is 8.42 Å². The van der Waals surface area contributed by atoms with E-state index in [1.807, 2.05) is 60.7 Å². The summed E-state index contributed by atoms with van der Waals surface area (Å²) >= 11 is 6.79. The Balaban J connectivity index is 1.62. The van der Waals surface area contributed by atoms with E-state index < -0.39 is 26.0 Å². The van der Waals surface area contributed by atoms with Crippen molar-refractivity contribution in [1.82, 2.24) is 0 Å². The van der Waals surface area contributed by atoms with E-state index in [0.29, 0.717) is 24.5 Å². The van der Waals surface area contributed by atoms with Gasteiger partial charge in [0.25, 0.3) is 0 Å². The van der Waals surface area contributed by atoms with Crippen molar-refractivity contribution in [1.29, 1.82) is 0 Å². The Morgan fingerprint density at radius 2 is 1.57 bits per heavy atom. The first-order valence-electron chi connectivity index (χ1n) is 15.3. The molecular weight excluding hydrogens is 646 g/mol. The number of hydrogen-bond acceptors (Lipinski definition) is 7. The predicted molar refractivity (Wildman–Crippen MR) is 184 cm³/mol. The van der Waals surface area contributed by atoms with Gasteiger partial charge in [-0.3, -0.25) is 0 Å². The lowest BCUT2D eigenvalue weighted by molar-refractivity contribution is -1.03. The molecule has 0 saturated heterocycles. The highest BCUT2D eigenvalue weighted by atomic mass is 35.5. The molecule has 2 aliphatic rings. The second-order valence-electron chi connectivity index (χ2n) is 13.6. The second kappa shape index (κ2) is 13.4. The van der Waals surface area contributed by atoms with Gasteiger partial charge in [0.15, 0.2) is 5.71 Å². The Morgan fingerprint density at radius 3 is 2.22 bits per heavy atom. The summed E-state index contributed by atoms with van der Waals surface area (Å²) in [5, 5.41) is 0.486. The van der Waals surface area contributed by atoms with E-state index in [9.17, 15) is 21.4 Å². The highest BCUT2D eigenvalue weighted by Gasteiger charge is 2.44. The molecular formula is C34H45ClN3O6S2+. The van der Waals surface area contributed by atoms with Crippen LogP contribution in [0.15, 0.2) is 83.6 Å². The van der Waals surface area contributed by atoms with Gasteiger partial charge in [-0.2, -0.15) is 17.6 Å². The minimum Gasteiger partial charge on any atom is -0.748 e. The monoisotopic (exact) mass is 690 g/mol. The van der Waals surface area contributed by atoms with Gasteiger partial charge < -0.3 is 9.45 Å². The number of para-hydroxylation sites is 2. The number of fused-ring (bicyclic) bond motifs is 2. The molecule has 46 heavy (non-hydrogen) atoms. The van der Waals surface area contributed by atoms with E-state index in [2.05, 4.69) is 49.3 Å². The topological polar surface area (TPSA) is 107 Å². The van der Waals surface area contributed by atoms with Crippen LogP contribution in [-0.4, -0.2) is 82.1 Å². The summed E-state index contributed by atoms with van der Waals surface area (Å²) in [5.74, 6) is -0.539. The lowest BCUT2D eigenvalue weighted by atomic mass is 9.81. The molecule has 0 fully saturated rings. The lowest BCUT2D eigenvalue weighted by Crippen LogP contribution is -2.38. The molecule has 0 atom stereocenters. The van der Waals surface area contributed by atoms with Crippen molar-refractivity contribution in [3.63, 3.8) is 0 Å². The van der Waals surface area contributed by atoms with Gasteiger partial charge in [-0.1, -0.05) is 66.1 Å². The largest absolute Gasteiger partial charge is 0.748 e. The Bertz CT molecular complexity index is 1820. The van der Waals surface area contributed by atoms with Crippen LogP contribution in [0.1, 0.15) is 51.7 Å². The Labute approximate surface area is 279 Å². The zero-order chi connectivity index (χ0) is 34.1. The van der Waals surface area contributed by atoms with Crippen molar-refractivity contribution in [3.05, 3.63) is 94.7 Å². The maximum atomic E-state index is 12.6. The van der Waals surface area contributed by atoms with Gasteiger partial charge in [0.2, 0.25) is 5.69 Å². The fourth-order valence-electron chi connectivity index (χ4n) is 6.31. The summed E-state index contributed by atoms with van der Waals surface area (Å²) in [6.07, 6.45) is 8.19. The van der Waals surface area contributed by atoms with E-state index >= 15 is 0 Å². The van der Waals surface area contributed by atoms with Crippen LogP contribution in [0.4, 0.5) is 11.4 Å². The number of hydroxylamine groups is 3. The van der Waals surface area contributed by atoms with Crippen LogP contribution in [-0.2, 0) is 35.4 Å². The zero-order valence-corrected chi connectivity index (χ0v) is 30.0. The molecule has 2 aliphatic heterocycles. The third-order valence-electron chi connectivity index (χ3n) is 8.29. The number of anilines is 1. The Hall–Kier alpha value is -2.80. The number of benzene rings is 2. The smallest absolute Gasteiger partial charge is 0.314 e. The highest BCUT2D eigenvalue weighted by molar-refractivity contribution is 7.86. The third-order valence-corrected chi connectivity index (χ3v) is 10.8. The molecule has 2 aromatic rings. The van der Waals surface area contributed by atoms with Gasteiger partial charge in [-0.05, 0) is 50.1 Å². The summed E-state index contributed by atoms with van der Waals surface area (Å²) in [4.78, 5) is 2.15. The average molecular weight is 691 g/mol. The summed E-state index contributed by atoms with van der Waals surface area (Å²) in [5.41, 5.74) is 5.47. The minimum absolute atomic E-state index is 0.109. The molecule has 0 N–H and O–H groups in total. The van der Waals surface area contributed by atoms with Crippen LogP contribution >= 0.6 is 11.6 Å². The maximum Gasteiger partial charge on any atom is 0.314 e. The number of quaternary nitrogens is 1. The summed E-state index contributed by atoms with van der Waals surface area (Å²) in [7, 11) is -3.05. The molecule has 2 aromatic carbocycles. The Kier molecular flexibility index (Phi) is 10.5. The van der Waals surface area contributed by atoms with Gasteiger partial charge in [0, 0.05) is 58.3 Å². The predicted octanol–water partition coefficient (Wildman–Crippen LogP) is 5.72. The highest BCUT2D eigenvalue weighted by Crippen LogP contribution is 2.47. The van der Waals surface area contributed by atoms with Crippen LogP contribution in [0.25, 0.3) is 0 Å². The van der Waals surface area contributed by atoms with E-state index in [0.717, 1.165) is 33.9 Å².